The van der Waals surface area contributed by atoms with Gasteiger partial charge in [0.15, 0.2) is 0 Å². The van der Waals surface area contributed by atoms with Gasteiger partial charge in [0, 0.05) is 31.2 Å². The maximum atomic E-state index is 13.1. The first-order valence-corrected chi connectivity index (χ1v) is 11.4. The van der Waals surface area contributed by atoms with Crippen LogP contribution in [0.25, 0.3) is 0 Å². The Kier molecular flexibility index (Phi) is 11.2. The highest BCUT2D eigenvalue weighted by Gasteiger charge is 2.31. The molecule has 37 heavy (non-hydrogen) atoms. The predicted molar refractivity (Wildman–Crippen MR) is 129 cm³/mol. The molecule has 0 fully saturated rings. The zero-order valence-electron chi connectivity index (χ0n) is 19.9. The number of H-pyrrole nitrogens is 1. The largest absolute Gasteiger partial charge is 0.480 e. The van der Waals surface area contributed by atoms with Gasteiger partial charge >= 0.3 is 5.97 Å². The third-order valence-corrected chi connectivity index (χ3v) is 5.35. The molecule has 2 aromatic rings. The lowest BCUT2D eigenvalue weighted by Gasteiger charge is -2.25. The maximum Gasteiger partial charge on any atom is 0.326 e. The number of carbonyl (C=O) groups is 5. The summed E-state index contributed by atoms with van der Waals surface area (Å²) in [5.41, 5.74) is 11.9. The van der Waals surface area contributed by atoms with Crippen molar-refractivity contribution in [3.05, 3.63) is 54.1 Å². The van der Waals surface area contributed by atoms with Crippen LogP contribution in [-0.4, -0.2) is 80.6 Å². The molecule has 0 saturated carbocycles. The summed E-state index contributed by atoms with van der Waals surface area (Å²) in [5.74, 6) is -4.50. The number of nitrogens with two attached hydrogens (primary N) is 2. The summed E-state index contributed by atoms with van der Waals surface area (Å²) in [7, 11) is 0. The van der Waals surface area contributed by atoms with Crippen LogP contribution < -0.4 is 27.4 Å². The van der Waals surface area contributed by atoms with E-state index in [0.29, 0.717) is 11.3 Å². The number of amides is 4. The van der Waals surface area contributed by atoms with Crippen LogP contribution in [-0.2, 0) is 36.8 Å². The standard InChI is InChI=1S/C23H31N7O7/c24-15(11-31)20(33)29-17(9-14-10-26-12-27-14)22(35)28-16(6-7-19(25)32)21(34)30-18(23(36)37)8-13-4-2-1-3-5-13/h1-5,10,12,15-18,31H,6-9,11,24H2,(H2,25,32)(H,26,27)(H,28,35)(H,29,33)(H,30,34)(H,36,37). The normalized spacial score (nSPS) is 14.0. The molecule has 4 amide bonds. The van der Waals surface area contributed by atoms with Crippen LogP contribution in [0.3, 0.4) is 0 Å². The number of carboxylic acid groups (broad SMARTS) is 1. The fraction of sp³-hybridized carbons (Fsp3) is 0.391. The molecule has 0 aliphatic carbocycles. The van der Waals surface area contributed by atoms with E-state index in [0.717, 1.165) is 0 Å². The van der Waals surface area contributed by atoms with Gasteiger partial charge in [-0.05, 0) is 12.0 Å². The zero-order valence-corrected chi connectivity index (χ0v) is 19.9. The number of aliphatic hydroxyl groups excluding tert-OH is 1. The molecule has 0 radical (unpaired) electrons. The van der Waals surface area contributed by atoms with Gasteiger partial charge in [0.05, 0.1) is 12.9 Å². The van der Waals surface area contributed by atoms with Gasteiger partial charge in [-0.2, -0.15) is 0 Å². The van der Waals surface area contributed by atoms with Gasteiger partial charge in [0.1, 0.15) is 24.2 Å². The third-order valence-electron chi connectivity index (χ3n) is 5.35. The van der Waals surface area contributed by atoms with Gasteiger partial charge in [-0.1, -0.05) is 30.3 Å². The third kappa shape index (κ3) is 9.70. The molecule has 0 aliphatic rings. The summed E-state index contributed by atoms with van der Waals surface area (Å²) < 4.78 is 0. The summed E-state index contributed by atoms with van der Waals surface area (Å²) in [6.45, 7) is -0.661. The number of carboxylic acids is 1. The van der Waals surface area contributed by atoms with Gasteiger partial charge in [0.2, 0.25) is 23.6 Å². The SMILES string of the molecule is NC(=O)CCC(NC(=O)C(Cc1cnc[nH]1)NC(=O)C(N)CO)C(=O)NC(Cc1ccccc1)C(=O)O. The van der Waals surface area contributed by atoms with Crippen LogP contribution in [0.5, 0.6) is 0 Å². The molecule has 0 spiro atoms. The molecule has 1 aromatic carbocycles. The second-order valence-corrected chi connectivity index (χ2v) is 8.29. The van der Waals surface area contributed by atoms with E-state index in [9.17, 15) is 29.1 Å². The topological polar surface area (TPSA) is 243 Å². The number of benzene rings is 1. The van der Waals surface area contributed by atoms with Crippen molar-refractivity contribution in [3.63, 3.8) is 0 Å². The number of rotatable bonds is 15. The Morgan fingerprint density at radius 2 is 1.54 bits per heavy atom. The van der Waals surface area contributed by atoms with Gasteiger partial charge < -0.3 is 42.6 Å². The molecule has 200 valence electrons. The van der Waals surface area contributed by atoms with Crippen molar-refractivity contribution >= 4 is 29.6 Å². The number of nitrogens with zero attached hydrogens (tertiary/aromatic N) is 1. The first kappa shape index (κ1) is 28.9. The molecule has 10 N–H and O–H groups in total. The van der Waals surface area contributed by atoms with E-state index in [1.807, 2.05) is 0 Å². The van der Waals surface area contributed by atoms with E-state index < -0.39 is 60.4 Å². The number of carbonyl (C=O) groups excluding carboxylic acids is 4. The van der Waals surface area contributed by atoms with E-state index in [1.54, 1.807) is 30.3 Å². The van der Waals surface area contributed by atoms with Gasteiger partial charge in [0.25, 0.3) is 0 Å². The number of aromatic amines is 1. The predicted octanol–water partition coefficient (Wildman–Crippen LogP) is -2.68. The Balaban J connectivity index is 2.19. The molecule has 14 nitrogen and oxygen atoms in total. The zero-order chi connectivity index (χ0) is 27.4. The number of aliphatic carboxylic acids is 1. The van der Waals surface area contributed by atoms with Crippen LogP contribution >= 0.6 is 0 Å². The number of imidazole rings is 1. The molecule has 0 aliphatic heterocycles. The van der Waals surface area contributed by atoms with E-state index in [1.165, 1.54) is 12.5 Å². The summed E-state index contributed by atoms with van der Waals surface area (Å²) in [5, 5.41) is 26.0. The Morgan fingerprint density at radius 3 is 2.11 bits per heavy atom. The second-order valence-electron chi connectivity index (χ2n) is 8.29. The van der Waals surface area contributed by atoms with Crippen molar-refractivity contribution in [2.45, 2.75) is 49.9 Å². The Bertz CT molecular complexity index is 1060. The van der Waals surface area contributed by atoms with Crippen molar-refractivity contribution in [2.75, 3.05) is 6.61 Å². The van der Waals surface area contributed by atoms with Crippen LogP contribution in [0.2, 0.25) is 0 Å². The van der Waals surface area contributed by atoms with Crippen LogP contribution in [0.15, 0.2) is 42.9 Å². The molecule has 4 unspecified atom stereocenters. The molecule has 4 atom stereocenters. The van der Waals surface area contributed by atoms with Crippen LogP contribution in [0, 0.1) is 0 Å². The molecular formula is C23H31N7O7. The monoisotopic (exact) mass is 517 g/mol. The van der Waals surface area contributed by atoms with Crippen LogP contribution in [0.4, 0.5) is 0 Å². The van der Waals surface area contributed by atoms with Gasteiger partial charge in [-0.3, -0.25) is 19.2 Å². The molecular weight excluding hydrogens is 486 g/mol. The maximum absolute atomic E-state index is 13.1. The second kappa shape index (κ2) is 14.3. The summed E-state index contributed by atoms with van der Waals surface area (Å²) >= 11 is 0. The lowest BCUT2D eigenvalue weighted by molar-refractivity contribution is -0.142. The smallest absolute Gasteiger partial charge is 0.326 e. The Morgan fingerprint density at radius 1 is 0.919 bits per heavy atom. The quantitative estimate of drug-likeness (QED) is 0.122. The summed E-state index contributed by atoms with van der Waals surface area (Å²) in [6.07, 6.45) is 2.22. The average Bonchev–Trinajstić information content (AvgIpc) is 3.38. The number of nitrogens with one attached hydrogen (secondary N) is 4. The summed E-state index contributed by atoms with van der Waals surface area (Å²) in [4.78, 5) is 68.1. The highest BCUT2D eigenvalue weighted by atomic mass is 16.4. The minimum atomic E-state index is -1.34. The van der Waals surface area contributed by atoms with Crippen molar-refractivity contribution in [1.29, 1.82) is 0 Å². The van der Waals surface area contributed by atoms with Gasteiger partial charge in [-0.15, -0.1) is 0 Å². The molecule has 14 heteroatoms. The number of aliphatic hydroxyl groups is 1. The number of aromatic nitrogens is 2. The van der Waals surface area contributed by atoms with E-state index in [-0.39, 0.29) is 25.7 Å². The van der Waals surface area contributed by atoms with E-state index >= 15 is 0 Å². The Hall–Kier alpha value is -4.30. The van der Waals surface area contributed by atoms with E-state index in [2.05, 4.69) is 25.9 Å². The first-order chi connectivity index (χ1) is 17.6. The van der Waals surface area contributed by atoms with Crippen molar-refractivity contribution < 1.29 is 34.2 Å². The van der Waals surface area contributed by atoms with E-state index in [4.69, 9.17) is 16.6 Å². The number of hydrogen-bond donors (Lipinski definition) is 8. The minimum absolute atomic E-state index is 0.0179. The van der Waals surface area contributed by atoms with Crippen molar-refractivity contribution in [1.82, 2.24) is 25.9 Å². The molecule has 2 rings (SSSR count). The fourth-order valence-corrected chi connectivity index (χ4v) is 3.34. The van der Waals surface area contributed by atoms with Gasteiger partial charge in [-0.25, -0.2) is 9.78 Å². The highest BCUT2D eigenvalue weighted by Crippen LogP contribution is 2.07. The molecule has 0 saturated heterocycles. The molecule has 1 heterocycles. The lowest BCUT2D eigenvalue weighted by atomic mass is 10.0. The molecule has 0 bridgehead atoms. The summed E-state index contributed by atoms with van der Waals surface area (Å²) in [6, 6.07) is 3.43. The average molecular weight is 518 g/mol. The van der Waals surface area contributed by atoms with Crippen molar-refractivity contribution in [2.24, 2.45) is 11.5 Å². The molecule has 1 aromatic heterocycles. The number of primary amides is 1. The Labute approximate surface area is 212 Å². The first-order valence-electron chi connectivity index (χ1n) is 11.4. The number of hydrogen-bond acceptors (Lipinski definition) is 8. The fourth-order valence-electron chi connectivity index (χ4n) is 3.34. The minimum Gasteiger partial charge on any atom is -0.480 e. The lowest BCUT2D eigenvalue weighted by Crippen LogP contribution is -2.58. The van der Waals surface area contributed by atoms with Crippen LogP contribution in [0.1, 0.15) is 24.1 Å². The highest BCUT2D eigenvalue weighted by molar-refractivity contribution is 5.94. The van der Waals surface area contributed by atoms with Crippen molar-refractivity contribution in [3.8, 4) is 0 Å².